The Balaban J connectivity index is 2.24. The van der Waals surface area contributed by atoms with Crippen molar-refractivity contribution in [2.24, 2.45) is 0 Å². The minimum absolute atomic E-state index is 0.174. The van der Waals surface area contributed by atoms with Crippen LogP contribution < -0.4 is 0 Å². The van der Waals surface area contributed by atoms with Gasteiger partial charge < -0.3 is 14.2 Å². The van der Waals surface area contributed by atoms with Gasteiger partial charge in [-0.1, -0.05) is 11.6 Å². The first kappa shape index (κ1) is 13.9. The van der Waals surface area contributed by atoms with Crippen LogP contribution in [0, 0.1) is 0 Å². The van der Waals surface area contributed by atoms with Crippen molar-refractivity contribution >= 4 is 17.6 Å². The third kappa shape index (κ3) is 5.12. The first-order chi connectivity index (χ1) is 8.25. The van der Waals surface area contributed by atoms with Gasteiger partial charge in [0.05, 0.1) is 30.4 Å². The Labute approximate surface area is 105 Å². The van der Waals surface area contributed by atoms with E-state index in [2.05, 4.69) is 4.98 Å². The number of halogens is 1. The Morgan fingerprint density at radius 2 is 2.12 bits per heavy atom. The number of pyridine rings is 1. The fraction of sp³-hybridized carbons (Fsp3) is 0.455. The third-order valence-corrected chi connectivity index (χ3v) is 2.21. The van der Waals surface area contributed by atoms with E-state index in [4.69, 9.17) is 25.8 Å². The summed E-state index contributed by atoms with van der Waals surface area (Å²) in [6, 6.07) is 1.53. The number of rotatable bonds is 7. The lowest BCUT2D eigenvalue weighted by molar-refractivity contribution is 0.0213. The molecule has 0 amide bonds. The van der Waals surface area contributed by atoms with Crippen molar-refractivity contribution in [3.63, 3.8) is 0 Å². The molecule has 0 unspecified atom stereocenters. The zero-order valence-corrected chi connectivity index (χ0v) is 10.3. The zero-order chi connectivity index (χ0) is 12.5. The van der Waals surface area contributed by atoms with E-state index in [-0.39, 0.29) is 12.2 Å². The number of hydrogen-bond acceptors (Lipinski definition) is 5. The fourth-order valence-corrected chi connectivity index (χ4v) is 1.23. The van der Waals surface area contributed by atoms with Crippen LogP contribution in [-0.2, 0) is 14.2 Å². The van der Waals surface area contributed by atoms with Gasteiger partial charge >= 0.3 is 5.97 Å². The minimum atomic E-state index is -0.501. The molecule has 0 aliphatic carbocycles. The summed E-state index contributed by atoms with van der Waals surface area (Å²) >= 11 is 5.81. The molecule has 0 aliphatic heterocycles. The molecule has 5 nitrogen and oxygen atoms in total. The van der Waals surface area contributed by atoms with Crippen LogP contribution in [0.2, 0.25) is 5.02 Å². The standard InChI is InChI=1S/C11H14ClNO4/c1-15-4-5-16-6-7-17-11(14)9-8-13-3-2-10(9)12/h2-3,8H,4-7H2,1H3. The molecular weight excluding hydrogens is 246 g/mol. The summed E-state index contributed by atoms with van der Waals surface area (Å²) in [5.41, 5.74) is 0.256. The Morgan fingerprint density at radius 1 is 1.35 bits per heavy atom. The average molecular weight is 260 g/mol. The predicted octanol–water partition coefficient (Wildman–Crippen LogP) is 1.55. The predicted molar refractivity (Wildman–Crippen MR) is 62.2 cm³/mol. The number of ether oxygens (including phenoxy) is 3. The number of aromatic nitrogens is 1. The lowest BCUT2D eigenvalue weighted by Crippen LogP contribution is -2.13. The molecule has 0 saturated heterocycles. The molecule has 0 fully saturated rings. The van der Waals surface area contributed by atoms with Gasteiger partial charge in [-0.15, -0.1) is 0 Å². The molecule has 1 aromatic heterocycles. The summed E-state index contributed by atoms with van der Waals surface area (Å²) in [5.74, 6) is -0.501. The second-order valence-electron chi connectivity index (χ2n) is 3.10. The lowest BCUT2D eigenvalue weighted by Gasteiger charge is -2.06. The first-order valence-corrected chi connectivity index (χ1v) is 5.47. The molecule has 0 radical (unpaired) electrons. The van der Waals surface area contributed by atoms with Gasteiger partial charge in [-0.2, -0.15) is 0 Å². The van der Waals surface area contributed by atoms with Crippen LogP contribution in [0.4, 0.5) is 0 Å². The highest BCUT2D eigenvalue weighted by molar-refractivity contribution is 6.33. The molecular formula is C11H14ClNO4. The lowest BCUT2D eigenvalue weighted by atomic mass is 10.3. The summed E-state index contributed by atoms with van der Waals surface area (Å²) in [7, 11) is 1.59. The maximum atomic E-state index is 11.5. The molecule has 6 heteroatoms. The number of nitrogens with zero attached hydrogens (tertiary/aromatic N) is 1. The summed E-state index contributed by atoms with van der Waals surface area (Å²) in [5, 5.41) is 0.324. The highest BCUT2D eigenvalue weighted by Gasteiger charge is 2.11. The molecule has 0 saturated carbocycles. The Bertz CT molecular complexity index is 359. The fourth-order valence-electron chi connectivity index (χ4n) is 1.04. The maximum Gasteiger partial charge on any atom is 0.341 e. The molecule has 0 spiro atoms. The highest BCUT2D eigenvalue weighted by Crippen LogP contribution is 2.14. The molecule has 1 aromatic rings. The zero-order valence-electron chi connectivity index (χ0n) is 9.52. The third-order valence-electron chi connectivity index (χ3n) is 1.88. The Morgan fingerprint density at radius 3 is 2.82 bits per heavy atom. The normalized spacial score (nSPS) is 10.2. The number of esters is 1. The molecule has 0 aliphatic rings. The number of hydrogen-bond donors (Lipinski definition) is 0. The van der Waals surface area contributed by atoms with Crippen LogP contribution in [0.15, 0.2) is 18.5 Å². The molecule has 1 rings (SSSR count). The smallest absolute Gasteiger partial charge is 0.341 e. The van der Waals surface area contributed by atoms with E-state index < -0.39 is 5.97 Å². The summed E-state index contributed by atoms with van der Waals surface area (Å²) in [6.07, 6.45) is 2.88. The van der Waals surface area contributed by atoms with Crippen molar-refractivity contribution in [3.8, 4) is 0 Å². The van der Waals surface area contributed by atoms with E-state index in [9.17, 15) is 4.79 Å². The van der Waals surface area contributed by atoms with Crippen molar-refractivity contribution < 1.29 is 19.0 Å². The van der Waals surface area contributed by atoms with Gasteiger partial charge in [0.25, 0.3) is 0 Å². The Hall–Kier alpha value is -1.17. The van der Waals surface area contributed by atoms with Crippen LogP contribution in [0.25, 0.3) is 0 Å². The minimum Gasteiger partial charge on any atom is -0.460 e. The largest absolute Gasteiger partial charge is 0.460 e. The molecule has 0 aromatic carbocycles. The maximum absolute atomic E-state index is 11.5. The van der Waals surface area contributed by atoms with Crippen molar-refractivity contribution in [2.45, 2.75) is 0 Å². The summed E-state index contributed by atoms with van der Waals surface area (Å²) in [4.78, 5) is 15.3. The van der Waals surface area contributed by atoms with Crippen molar-refractivity contribution in [1.82, 2.24) is 4.98 Å². The van der Waals surface area contributed by atoms with E-state index in [1.54, 1.807) is 7.11 Å². The quantitative estimate of drug-likeness (QED) is 0.549. The van der Waals surface area contributed by atoms with E-state index in [1.165, 1.54) is 18.5 Å². The van der Waals surface area contributed by atoms with Crippen LogP contribution in [0.5, 0.6) is 0 Å². The van der Waals surface area contributed by atoms with Gasteiger partial charge in [0.2, 0.25) is 0 Å². The number of methoxy groups -OCH3 is 1. The second-order valence-corrected chi connectivity index (χ2v) is 3.50. The topological polar surface area (TPSA) is 57.7 Å². The molecule has 94 valence electrons. The van der Waals surface area contributed by atoms with Crippen LogP contribution in [-0.4, -0.2) is 44.5 Å². The van der Waals surface area contributed by atoms with Gasteiger partial charge in [0.15, 0.2) is 0 Å². The van der Waals surface area contributed by atoms with Gasteiger partial charge in [0, 0.05) is 19.5 Å². The summed E-state index contributed by atoms with van der Waals surface area (Å²) in [6.45, 7) is 1.49. The second kappa shape index (κ2) is 8.00. The monoisotopic (exact) mass is 259 g/mol. The molecule has 17 heavy (non-hydrogen) atoms. The SMILES string of the molecule is COCCOCCOC(=O)c1cnccc1Cl. The van der Waals surface area contributed by atoms with E-state index in [1.807, 2.05) is 0 Å². The van der Waals surface area contributed by atoms with Gasteiger partial charge in [-0.3, -0.25) is 4.98 Å². The van der Waals surface area contributed by atoms with Gasteiger partial charge in [-0.05, 0) is 6.07 Å². The van der Waals surface area contributed by atoms with Gasteiger partial charge in [0.1, 0.15) is 6.61 Å². The highest BCUT2D eigenvalue weighted by atomic mass is 35.5. The molecule has 1 heterocycles. The van der Waals surface area contributed by atoms with E-state index in [0.29, 0.717) is 24.8 Å². The van der Waals surface area contributed by atoms with Crippen LogP contribution >= 0.6 is 11.6 Å². The van der Waals surface area contributed by atoms with Crippen molar-refractivity contribution in [2.75, 3.05) is 33.5 Å². The molecule has 0 atom stereocenters. The van der Waals surface area contributed by atoms with E-state index >= 15 is 0 Å². The Kier molecular flexibility index (Phi) is 6.54. The summed E-state index contributed by atoms with van der Waals surface area (Å²) < 4.78 is 14.9. The number of carbonyl (C=O) groups is 1. The van der Waals surface area contributed by atoms with Crippen molar-refractivity contribution in [3.05, 3.63) is 29.0 Å². The van der Waals surface area contributed by atoms with Crippen LogP contribution in [0.3, 0.4) is 0 Å². The average Bonchev–Trinajstić information content (AvgIpc) is 2.34. The van der Waals surface area contributed by atoms with Crippen LogP contribution in [0.1, 0.15) is 10.4 Å². The van der Waals surface area contributed by atoms with Crippen molar-refractivity contribution in [1.29, 1.82) is 0 Å². The first-order valence-electron chi connectivity index (χ1n) is 5.09. The van der Waals surface area contributed by atoms with Gasteiger partial charge in [-0.25, -0.2) is 4.79 Å². The molecule has 0 N–H and O–H groups in total. The molecule has 0 bridgehead atoms. The number of carbonyl (C=O) groups excluding carboxylic acids is 1. The van der Waals surface area contributed by atoms with E-state index in [0.717, 1.165) is 0 Å².